The number of hydrogen-bond acceptors (Lipinski definition) is 5. The molecule has 0 aliphatic heterocycles. The van der Waals surface area contributed by atoms with Crippen LogP contribution in [0.15, 0.2) is 48.2 Å². The number of phenols is 3. The van der Waals surface area contributed by atoms with Gasteiger partial charge >= 0.3 is 0 Å². The molecule has 5 heteroatoms. The lowest BCUT2D eigenvalue weighted by atomic mass is 10.1. The second-order valence-corrected chi connectivity index (χ2v) is 4.10. The van der Waals surface area contributed by atoms with Gasteiger partial charge in [-0.15, -0.1) is 0 Å². The number of benzene rings is 2. The third-order valence-corrected chi connectivity index (χ3v) is 2.71. The Bertz CT molecular complexity index is 674. The highest BCUT2D eigenvalue weighted by Crippen LogP contribution is 2.37. The van der Waals surface area contributed by atoms with Gasteiger partial charge in [0.1, 0.15) is 0 Å². The Hall–Kier alpha value is -2.95. The molecule has 0 radical (unpaired) electrons. The van der Waals surface area contributed by atoms with E-state index < -0.39 is 28.8 Å². The fraction of sp³-hybridized carbons (Fsp3) is 0. The van der Waals surface area contributed by atoms with Gasteiger partial charge in [0, 0.05) is 0 Å². The van der Waals surface area contributed by atoms with Crippen molar-refractivity contribution in [1.29, 1.82) is 0 Å². The molecule has 0 bridgehead atoms. The molecule has 0 saturated carbocycles. The number of Topliss-reactive ketones (excluding diaryl/α,β-unsaturated/α-hetero) is 1. The Labute approximate surface area is 114 Å². The van der Waals surface area contributed by atoms with E-state index in [1.165, 1.54) is 6.08 Å². The quantitative estimate of drug-likeness (QED) is 0.298. The molecule has 0 aliphatic rings. The largest absolute Gasteiger partial charge is 0.504 e. The SMILES string of the molecule is O=C(/C(O)=C/c1ccccc1)c1ccc(O)c(O)c1O. The van der Waals surface area contributed by atoms with Crippen LogP contribution in [0.1, 0.15) is 15.9 Å². The maximum absolute atomic E-state index is 12.0. The molecule has 5 nitrogen and oxygen atoms in total. The van der Waals surface area contributed by atoms with Gasteiger partial charge in [-0.25, -0.2) is 0 Å². The number of rotatable bonds is 3. The van der Waals surface area contributed by atoms with Crippen LogP contribution in [0.3, 0.4) is 0 Å². The average molecular weight is 272 g/mol. The van der Waals surface area contributed by atoms with Gasteiger partial charge in [-0.05, 0) is 23.8 Å². The van der Waals surface area contributed by atoms with Crippen molar-refractivity contribution in [3.05, 3.63) is 59.4 Å². The summed E-state index contributed by atoms with van der Waals surface area (Å²) in [5.41, 5.74) is 0.311. The Kier molecular flexibility index (Phi) is 3.61. The van der Waals surface area contributed by atoms with E-state index >= 15 is 0 Å². The van der Waals surface area contributed by atoms with Gasteiger partial charge in [0.15, 0.2) is 17.3 Å². The minimum Gasteiger partial charge on any atom is -0.504 e. The van der Waals surface area contributed by atoms with Gasteiger partial charge in [0.25, 0.3) is 0 Å². The number of aliphatic hydroxyl groups excluding tert-OH is 1. The number of carbonyl (C=O) groups excluding carboxylic acids is 1. The first kappa shape index (κ1) is 13.5. The van der Waals surface area contributed by atoms with Crippen LogP contribution < -0.4 is 0 Å². The minimum absolute atomic E-state index is 0.301. The van der Waals surface area contributed by atoms with E-state index in [0.29, 0.717) is 5.56 Å². The van der Waals surface area contributed by atoms with Crippen LogP contribution in [0.4, 0.5) is 0 Å². The number of carbonyl (C=O) groups is 1. The third kappa shape index (κ3) is 2.56. The summed E-state index contributed by atoms with van der Waals surface area (Å²) in [7, 11) is 0. The molecule has 0 spiro atoms. The molecule has 0 amide bonds. The molecule has 0 aromatic heterocycles. The van der Waals surface area contributed by atoms with E-state index in [0.717, 1.165) is 12.1 Å². The summed E-state index contributed by atoms with van der Waals surface area (Å²) in [6.07, 6.45) is 1.24. The zero-order chi connectivity index (χ0) is 14.7. The summed E-state index contributed by atoms with van der Waals surface area (Å²) < 4.78 is 0. The molecule has 0 heterocycles. The lowest BCUT2D eigenvalue weighted by molar-refractivity contribution is 0.0977. The van der Waals surface area contributed by atoms with E-state index in [9.17, 15) is 25.2 Å². The summed E-state index contributed by atoms with van der Waals surface area (Å²) in [5, 5.41) is 37.9. The summed E-state index contributed by atoms with van der Waals surface area (Å²) in [6, 6.07) is 10.8. The van der Waals surface area contributed by atoms with Crippen molar-refractivity contribution in [2.45, 2.75) is 0 Å². The van der Waals surface area contributed by atoms with Gasteiger partial charge in [-0.2, -0.15) is 0 Å². The van der Waals surface area contributed by atoms with E-state index in [4.69, 9.17) is 0 Å². The van der Waals surface area contributed by atoms with Crippen LogP contribution in [0.5, 0.6) is 17.2 Å². The van der Waals surface area contributed by atoms with Crippen LogP contribution >= 0.6 is 0 Å². The molecular weight excluding hydrogens is 260 g/mol. The van der Waals surface area contributed by atoms with Crippen LogP contribution in [-0.4, -0.2) is 26.2 Å². The van der Waals surface area contributed by atoms with Crippen molar-refractivity contribution in [3.63, 3.8) is 0 Å². The standard InChI is InChI=1S/C15H12O5/c16-11-7-6-10(14(19)15(11)20)13(18)12(17)8-9-4-2-1-3-5-9/h1-8,16-17,19-20H/b12-8-. The summed E-state index contributed by atoms with van der Waals surface area (Å²) in [6.45, 7) is 0. The second kappa shape index (κ2) is 5.36. The third-order valence-electron chi connectivity index (χ3n) is 2.71. The first-order valence-corrected chi connectivity index (χ1v) is 5.75. The van der Waals surface area contributed by atoms with Crippen LogP contribution in [0, 0.1) is 0 Å². The normalized spacial score (nSPS) is 11.3. The second-order valence-electron chi connectivity index (χ2n) is 4.10. The smallest absolute Gasteiger partial charge is 0.231 e. The lowest BCUT2D eigenvalue weighted by Gasteiger charge is -2.06. The molecule has 2 aromatic rings. The Morgan fingerprint density at radius 2 is 1.55 bits per heavy atom. The first-order chi connectivity index (χ1) is 9.50. The predicted octanol–water partition coefficient (Wildman–Crippen LogP) is 2.59. The predicted molar refractivity (Wildman–Crippen MR) is 72.8 cm³/mol. The summed E-state index contributed by atoms with van der Waals surface area (Å²) in [5.74, 6) is -3.57. The van der Waals surface area contributed by atoms with Crippen molar-refractivity contribution >= 4 is 11.9 Å². The van der Waals surface area contributed by atoms with Gasteiger partial charge < -0.3 is 20.4 Å². The van der Waals surface area contributed by atoms with E-state index in [-0.39, 0.29) is 5.56 Å². The molecule has 0 atom stereocenters. The average Bonchev–Trinajstić information content (AvgIpc) is 2.45. The number of hydrogen-bond donors (Lipinski definition) is 4. The molecule has 0 aliphatic carbocycles. The maximum atomic E-state index is 12.0. The van der Waals surface area contributed by atoms with Crippen molar-refractivity contribution < 1.29 is 25.2 Å². The number of allylic oxidation sites excluding steroid dienone is 1. The Morgan fingerprint density at radius 3 is 2.20 bits per heavy atom. The van der Waals surface area contributed by atoms with Crippen molar-refractivity contribution in [1.82, 2.24) is 0 Å². The fourth-order valence-electron chi connectivity index (χ4n) is 1.66. The number of aromatic hydroxyl groups is 3. The van der Waals surface area contributed by atoms with E-state index in [1.807, 2.05) is 0 Å². The van der Waals surface area contributed by atoms with Crippen LogP contribution in [0.2, 0.25) is 0 Å². The molecule has 0 saturated heterocycles. The van der Waals surface area contributed by atoms with Crippen molar-refractivity contribution in [3.8, 4) is 17.2 Å². The lowest BCUT2D eigenvalue weighted by Crippen LogP contribution is -2.03. The number of aliphatic hydroxyl groups is 1. The monoisotopic (exact) mass is 272 g/mol. The Morgan fingerprint density at radius 1 is 0.900 bits per heavy atom. The molecule has 4 N–H and O–H groups in total. The number of ketones is 1. The Balaban J connectivity index is 2.37. The molecule has 20 heavy (non-hydrogen) atoms. The fourth-order valence-corrected chi connectivity index (χ4v) is 1.66. The molecule has 2 aromatic carbocycles. The highest BCUT2D eigenvalue weighted by Gasteiger charge is 2.19. The van der Waals surface area contributed by atoms with Crippen molar-refractivity contribution in [2.75, 3.05) is 0 Å². The van der Waals surface area contributed by atoms with Crippen LogP contribution in [-0.2, 0) is 0 Å². The number of phenolic OH excluding ortho intramolecular Hbond substituents is 3. The molecule has 0 fully saturated rings. The van der Waals surface area contributed by atoms with Gasteiger partial charge in [-0.1, -0.05) is 30.3 Å². The zero-order valence-electron chi connectivity index (χ0n) is 10.3. The van der Waals surface area contributed by atoms with Gasteiger partial charge in [0.2, 0.25) is 11.5 Å². The molecule has 2 rings (SSSR count). The van der Waals surface area contributed by atoms with E-state index in [1.54, 1.807) is 30.3 Å². The summed E-state index contributed by atoms with van der Waals surface area (Å²) >= 11 is 0. The topological polar surface area (TPSA) is 98.0 Å². The van der Waals surface area contributed by atoms with Gasteiger partial charge in [0.05, 0.1) is 5.56 Å². The molecule has 0 unspecified atom stereocenters. The maximum Gasteiger partial charge on any atom is 0.231 e. The van der Waals surface area contributed by atoms with E-state index in [2.05, 4.69) is 0 Å². The van der Waals surface area contributed by atoms with Crippen LogP contribution in [0.25, 0.3) is 6.08 Å². The molecular formula is C15H12O5. The molecule has 102 valence electrons. The van der Waals surface area contributed by atoms with Gasteiger partial charge in [-0.3, -0.25) is 4.79 Å². The minimum atomic E-state index is -0.860. The highest BCUT2D eigenvalue weighted by atomic mass is 16.3. The zero-order valence-corrected chi connectivity index (χ0v) is 10.3. The van der Waals surface area contributed by atoms with Crippen molar-refractivity contribution in [2.24, 2.45) is 0 Å². The highest BCUT2D eigenvalue weighted by molar-refractivity contribution is 6.11. The summed E-state index contributed by atoms with van der Waals surface area (Å²) in [4.78, 5) is 12.0. The first-order valence-electron chi connectivity index (χ1n) is 5.75.